The zero-order valence-corrected chi connectivity index (χ0v) is 12.7. The number of H-pyrrole nitrogens is 1. The van der Waals surface area contributed by atoms with Crippen LogP contribution in [0.3, 0.4) is 0 Å². The van der Waals surface area contributed by atoms with Gasteiger partial charge in [0.15, 0.2) is 0 Å². The van der Waals surface area contributed by atoms with Crippen molar-refractivity contribution >= 4 is 21.8 Å². The van der Waals surface area contributed by atoms with Crippen LogP contribution in [-0.4, -0.2) is 55.1 Å². The van der Waals surface area contributed by atoms with Crippen molar-refractivity contribution in [1.29, 1.82) is 0 Å². The van der Waals surface area contributed by atoms with Gasteiger partial charge in [0.1, 0.15) is 12.4 Å². The summed E-state index contributed by atoms with van der Waals surface area (Å²) in [5.74, 6) is 0.0769. The first-order chi connectivity index (χ1) is 10.2. The molecule has 0 aromatic carbocycles. The second-order valence-electron chi connectivity index (χ2n) is 4.65. The average molecular weight is 353 g/mol. The van der Waals surface area contributed by atoms with Crippen molar-refractivity contribution in [2.24, 2.45) is 0 Å². The molecule has 2 aromatic heterocycles. The van der Waals surface area contributed by atoms with Crippen molar-refractivity contribution in [3.63, 3.8) is 0 Å². The third-order valence-corrected chi connectivity index (χ3v) is 3.56. The molecule has 3 heterocycles. The molecule has 0 saturated carbocycles. The predicted molar refractivity (Wildman–Crippen MR) is 75.7 cm³/mol. The van der Waals surface area contributed by atoms with Gasteiger partial charge in [-0.2, -0.15) is 5.10 Å². The summed E-state index contributed by atoms with van der Waals surface area (Å²) < 4.78 is 6.52. The van der Waals surface area contributed by atoms with Crippen LogP contribution in [0.1, 0.15) is 23.5 Å². The van der Waals surface area contributed by atoms with E-state index in [1.807, 2.05) is 0 Å². The zero-order valence-electron chi connectivity index (χ0n) is 11.1. The highest BCUT2D eigenvalue weighted by Crippen LogP contribution is 2.17. The van der Waals surface area contributed by atoms with Crippen LogP contribution in [-0.2, 0) is 0 Å². The first-order valence-electron chi connectivity index (χ1n) is 6.51. The minimum atomic E-state index is -0.169. The topological polar surface area (TPSA) is 96.9 Å². The molecule has 0 spiro atoms. The van der Waals surface area contributed by atoms with Gasteiger partial charge in [0.05, 0.1) is 11.0 Å². The molecule has 1 N–H and O–H groups in total. The molecule has 8 nitrogen and oxygen atoms in total. The lowest BCUT2D eigenvalue weighted by Crippen LogP contribution is -2.44. The molecule has 3 rings (SSSR count). The molecule has 0 bridgehead atoms. The quantitative estimate of drug-likeness (QED) is 0.886. The molecular weight excluding hydrogens is 340 g/mol. The Morgan fingerprint density at radius 1 is 1.38 bits per heavy atom. The molecule has 1 saturated heterocycles. The van der Waals surface area contributed by atoms with Crippen LogP contribution in [0.25, 0.3) is 0 Å². The van der Waals surface area contributed by atoms with E-state index >= 15 is 0 Å². The third-order valence-electron chi connectivity index (χ3n) is 3.15. The molecule has 2 aromatic rings. The number of aromatic nitrogens is 5. The van der Waals surface area contributed by atoms with Crippen LogP contribution in [0.4, 0.5) is 0 Å². The van der Waals surface area contributed by atoms with Gasteiger partial charge in [-0.15, -0.1) is 0 Å². The highest BCUT2D eigenvalue weighted by Gasteiger charge is 2.27. The van der Waals surface area contributed by atoms with E-state index in [0.717, 1.165) is 17.3 Å². The van der Waals surface area contributed by atoms with Crippen molar-refractivity contribution in [3.05, 3.63) is 29.0 Å². The van der Waals surface area contributed by atoms with Gasteiger partial charge in [-0.25, -0.2) is 15.0 Å². The van der Waals surface area contributed by atoms with Gasteiger partial charge in [-0.1, -0.05) is 0 Å². The zero-order chi connectivity index (χ0) is 14.7. The Hall–Kier alpha value is -2.03. The molecule has 0 aliphatic carbocycles. The largest absolute Gasteiger partial charge is 0.458 e. The number of amides is 1. The maximum atomic E-state index is 12.2. The van der Waals surface area contributed by atoms with E-state index < -0.39 is 0 Å². The van der Waals surface area contributed by atoms with E-state index in [0.29, 0.717) is 19.1 Å². The minimum absolute atomic E-state index is 0.119. The van der Waals surface area contributed by atoms with Crippen molar-refractivity contribution in [2.45, 2.75) is 18.9 Å². The van der Waals surface area contributed by atoms with Crippen LogP contribution < -0.4 is 4.74 Å². The third kappa shape index (κ3) is 3.35. The van der Waals surface area contributed by atoms with Gasteiger partial charge in [-0.05, 0) is 28.8 Å². The monoisotopic (exact) mass is 352 g/mol. The van der Waals surface area contributed by atoms with Crippen molar-refractivity contribution in [1.82, 2.24) is 30.0 Å². The van der Waals surface area contributed by atoms with E-state index in [1.165, 1.54) is 6.33 Å². The number of hydrogen-bond donors (Lipinski definition) is 1. The van der Waals surface area contributed by atoms with Gasteiger partial charge in [0.2, 0.25) is 5.82 Å². The number of carbonyl (C=O) groups is 1. The SMILES string of the molecule is O=C(c1ncn[nH]1)N1CCCC(Oc2ncc(Br)cn2)C1. The number of hydrogen-bond acceptors (Lipinski definition) is 6. The van der Waals surface area contributed by atoms with Crippen LogP contribution >= 0.6 is 15.9 Å². The minimum Gasteiger partial charge on any atom is -0.458 e. The maximum Gasteiger partial charge on any atom is 0.316 e. The Morgan fingerprint density at radius 3 is 2.90 bits per heavy atom. The molecule has 110 valence electrons. The number of ether oxygens (including phenoxy) is 1. The lowest BCUT2D eigenvalue weighted by atomic mass is 10.1. The van der Waals surface area contributed by atoms with Gasteiger partial charge in [0.25, 0.3) is 5.91 Å². The standard InChI is InChI=1S/C12H13BrN6O2/c13-8-4-14-12(15-5-8)21-9-2-1-3-19(6-9)11(20)10-16-7-17-18-10/h4-5,7,9H,1-3,6H2,(H,16,17,18). The molecular formula is C12H13BrN6O2. The number of rotatable bonds is 3. The number of piperidine rings is 1. The van der Waals surface area contributed by atoms with Crippen molar-refractivity contribution < 1.29 is 9.53 Å². The van der Waals surface area contributed by atoms with Gasteiger partial charge >= 0.3 is 6.01 Å². The Bertz CT molecular complexity index is 603. The summed E-state index contributed by atoms with van der Waals surface area (Å²) >= 11 is 3.27. The van der Waals surface area contributed by atoms with E-state index in [-0.39, 0.29) is 17.8 Å². The van der Waals surface area contributed by atoms with Crippen molar-refractivity contribution in [2.75, 3.05) is 13.1 Å². The smallest absolute Gasteiger partial charge is 0.316 e. The first kappa shape index (κ1) is 13.9. The summed E-state index contributed by atoms with van der Waals surface area (Å²) in [6.07, 6.45) is 6.18. The number of halogens is 1. The Balaban J connectivity index is 1.63. The number of nitrogens with zero attached hydrogens (tertiary/aromatic N) is 5. The van der Waals surface area contributed by atoms with Crippen LogP contribution in [0.15, 0.2) is 23.2 Å². The Labute approximate surface area is 129 Å². The molecule has 0 radical (unpaired) electrons. The Morgan fingerprint density at radius 2 is 2.19 bits per heavy atom. The van der Waals surface area contributed by atoms with Crippen LogP contribution in [0.2, 0.25) is 0 Å². The summed E-state index contributed by atoms with van der Waals surface area (Å²) in [6, 6.07) is 0.317. The highest BCUT2D eigenvalue weighted by molar-refractivity contribution is 9.10. The van der Waals surface area contributed by atoms with Gasteiger partial charge < -0.3 is 9.64 Å². The van der Waals surface area contributed by atoms with E-state index in [2.05, 4.69) is 41.1 Å². The molecule has 1 unspecified atom stereocenters. The van der Waals surface area contributed by atoms with Crippen LogP contribution in [0, 0.1) is 0 Å². The molecule has 1 aliphatic heterocycles. The summed E-state index contributed by atoms with van der Waals surface area (Å²) in [5.41, 5.74) is 0. The number of aromatic amines is 1. The number of likely N-dealkylation sites (tertiary alicyclic amines) is 1. The maximum absolute atomic E-state index is 12.2. The lowest BCUT2D eigenvalue weighted by Gasteiger charge is -2.31. The summed E-state index contributed by atoms with van der Waals surface area (Å²) in [4.78, 5) is 25.9. The molecule has 1 atom stereocenters. The second kappa shape index (κ2) is 6.17. The summed E-state index contributed by atoms with van der Waals surface area (Å²) in [6.45, 7) is 1.17. The molecule has 21 heavy (non-hydrogen) atoms. The highest BCUT2D eigenvalue weighted by atomic mass is 79.9. The number of nitrogens with one attached hydrogen (secondary N) is 1. The molecule has 1 fully saturated rings. The van der Waals surface area contributed by atoms with E-state index in [4.69, 9.17) is 4.74 Å². The summed E-state index contributed by atoms with van der Waals surface area (Å²) in [5, 5.41) is 6.28. The average Bonchev–Trinajstić information content (AvgIpc) is 3.03. The Kier molecular flexibility index (Phi) is 4.09. The van der Waals surface area contributed by atoms with Crippen LogP contribution in [0.5, 0.6) is 6.01 Å². The first-order valence-corrected chi connectivity index (χ1v) is 7.30. The number of carbonyl (C=O) groups excluding carboxylic acids is 1. The molecule has 1 aliphatic rings. The lowest BCUT2D eigenvalue weighted by molar-refractivity contribution is 0.0505. The summed E-state index contributed by atoms with van der Waals surface area (Å²) in [7, 11) is 0. The fraction of sp³-hybridized carbons (Fsp3) is 0.417. The predicted octanol–water partition coefficient (Wildman–Crippen LogP) is 1.04. The normalized spacial score (nSPS) is 18.5. The van der Waals surface area contributed by atoms with E-state index in [1.54, 1.807) is 17.3 Å². The molecule has 1 amide bonds. The van der Waals surface area contributed by atoms with E-state index in [9.17, 15) is 4.79 Å². The van der Waals surface area contributed by atoms with Crippen molar-refractivity contribution in [3.8, 4) is 6.01 Å². The second-order valence-corrected chi connectivity index (χ2v) is 5.57. The molecule has 9 heteroatoms. The van der Waals surface area contributed by atoms with Gasteiger partial charge in [0, 0.05) is 18.9 Å². The fourth-order valence-electron chi connectivity index (χ4n) is 2.19. The van der Waals surface area contributed by atoms with Gasteiger partial charge in [-0.3, -0.25) is 9.89 Å². The fourth-order valence-corrected chi connectivity index (χ4v) is 2.39.